The van der Waals surface area contributed by atoms with Crippen molar-refractivity contribution in [2.75, 3.05) is 31.2 Å². The average Bonchev–Trinajstić information content (AvgIpc) is 2.73. The van der Waals surface area contributed by atoms with E-state index in [9.17, 15) is 10.1 Å². The van der Waals surface area contributed by atoms with Crippen LogP contribution in [0.3, 0.4) is 0 Å². The van der Waals surface area contributed by atoms with Gasteiger partial charge in [-0.05, 0) is 23.8 Å². The molecule has 0 atom stereocenters. The third-order valence-electron chi connectivity index (χ3n) is 4.22. The zero-order chi connectivity index (χ0) is 19.8. The summed E-state index contributed by atoms with van der Waals surface area (Å²) in [6.45, 7) is 2.99. The number of hydrazone groups is 1. The molecule has 1 saturated heterocycles. The molecule has 2 aromatic rings. The van der Waals surface area contributed by atoms with Crippen LogP contribution in [0.1, 0.15) is 11.1 Å². The summed E-state index contributed by atoms with van der Waals surface area (Å²) in [5.74, 6) is 0. The summed E-state index contributed by atoms with van der Waals surface area (Å²) >= 11 is 5.18. The molecule has 1 aliphatic rings. The molecular weight excluding hydrogens is 378 g/mol. The normalized spacial score (nSPS) is 14.1. The number of morpholine rings is 1. The molecule has 8 nitrogen and oxygen atoms in total. The van der Waals surface area contributed by atoms with E-state index in [1.807, 2.05) is 35.2 Å². The minimum atomic E-state index is -0.373. The maximum Gasteiger partial charge on any atom is 0.293 e. The Morgan fingerprint density at radius 2 is 2.00 bits per heavy atom. The Hall–Kier alpha value is -3.04. The lowest BCUT2D eigenvalue weighted by Crippen LogP contribution is -2.36. The van der Waals surface area contributed by atoms with Gasteiger partial charge >= 0.3 is 0 Å². The number of benzene rings is 2. The fraction of sp³-hybridized carbons (Fsp3) is 0.263. The van der Waals surface area contributed by atoms with Gasteiger partial charge < -0.3 is 15.0 Å². The Labute approximate surface area is 168 Å². The Morgan fingerprint density at radius 3 is 2.71 bits per heavy atom. The zero-order valence-corrected chi connectivity index (χ0v) is 16.0. The number of nitrogens with zero attached hydrogens (tertiary/aromatic N) is 3. The first kappa shape index (κ1) is 19.7. The molecule has 0 saturated carbocycles. The van der Waals surface area contributed by atoms with Gasteiger partial charge in [0, 0.05) is 31.3 Å². The van der Waals surface area contributed by atoms with Crippen LogP contribution in [0, 0.1) is 10.1 Å². The molecule has 1 aliphatic heterocycles. The summed E-state index contributed by atoms with van der Waals surface area (Å²) in [7, 11) is 0. The number of nitro benzene ring substituents is 1. The quantitative estimate of drug-likeness (QED) is 0.334. The lowest BCUT2D eigenvalue weighted by molar-refractivity contribution is -0.384. The smallest absolute Gasteiger partial charge is 0.293 e. The minimum absolute atomic E-state index is 0.0515. The lowest BCUT2D eigenvalue weighted by Gasteiger charge is -2.28. The molecule has 0 bridgehead atoms. The highest BCUT2D eigenvalue weighted by Gasteiger charge is 2.21. The van der Waals surface area contributed by atoms with Gasteiger partial charge in [-0.15, -0.1) is 0 Å². The van der Waals surface area contributed by atoms with Crippen LogP contribution in [0.4, 0.5) is 11.4 Å². The van der Waals surface area contributed by atoms with Gasteiger partial charge in [0.05, 0.1) is 24.4 Å². The van der Waals surface area contributed by atoms with Crippen LogP contribution in [0.15, 0.2) is 53.6 Å². The molecule has 0 aliphatic carbocycles. The molecule has 0 aromatic heterocycles. The monoisotopic (exact) mass is 399 g/mol. The van der Waals surface area contributed by atoms with Gasteiger partial charge in [-0.1, -0.05) is 36.4 Å². The van der Waals surface area contributed by atoms with Crippen LogP contribution < -0.4 is 15.6 Å². The van der Waals surface area contributed by atoms with Gasteiger partial charge in [-0.25, -0.2) is 0 Å². The molecule has 0 amide bonds. The first-order chi connectivity index (χ1) is 13.6. The molecule has 9 heteroatoms. The topological polar surface area (TPSA) is 92.0 Å². The average molecular weight is 399 g/mol. The number of hydrogen-bond acceptors (Lipinski definition) is 6. The number of hydrogen-bond donors (Lipinski definition) is 2. The van der Waals surface area contributed by atoms with Gasteiger partial charge in [0.25, 0.3) is 5.69 Å². The highest BCUT2D eigenvalue weighted by molar-refractivity contribution is 7.80. The molecule has 146 valence electrons. The summed E-state index contributed by atoms with van der Waals surface area (Å²) in [6.07, 6.45) is 1.51. The molecule has 0 spiro atoms. The number of anilines is 1. The van der Waals surface area contributed by atoms with E-state index < -0.39 is 0 Å². The minimum Gasteiger partial charge on any atom is -0.378 e. The largest absolute Gasteiger partial charge is 0.378 e. The van der Waals surface area contributed by atoms with Crippen LogP contribution in [-0.4, -0.2) is 42.6 Å². The first-order valence-corrected chi connectivity index (χ1v) is 9.26. The Balaban J connectivity index is 1.59. The van der Waals surface area contributed by atoms with E-state index in [1.165, 1.54) is 12.3 Å². The Bertz CT molecular complexity index is 854. The molecule has 3 rings (SSSR count). The number of nitrogens with one attached hydrogen (secondary N) is 2. The second-order valence-corrected chi connectivity index (χ2v) is 6.55. The van der Waals surface area contributed by atoms with E-state index in [1.54, 1.807) is 12.1 Å². The SMILES string of the molecule is O=[N+]([O-])c1cc(C=NNC(=S)NCc2ccccc2)ccc1N1CCOCC1. The zero-order valence-electron chi connectivity index (χ0n) is 15.2. The highest BCUT2D eigenvalue weighted by atomic mass is 32.1. The van der Waals surface area contributed by atoms with E-state index in [-0.39, 0.29) is 10.6 Å². The highest BCUT2D eigenvalue weighted by Crippen LogP contribution is 2.29. The van der Waals surface area contributed by atoms with Gasteiger partial charge in [0.15, 0.2) is 5.11 Å². The second kappa shape index (κ2) is 9.77. The van der Waals surface area contributed by atoms with Crippen LogP contribution in [0.2, 0.25) is 0 Å². The number of nitro groups is 1. The number of rotatable bonds is 6. The van der Waals surface area contributed by atoms with Crippen molar-refractivity contribution in [3.8, 4) is 0 Å². The van der Waals surface area contributed by atoms with Crippen molar-refractivity contribution in [2.24, 2.45) is 5.10 Å². The maximum absolute atomic E-state index is 11.5. The van der Waals surface area contributed by atoms with Crippen LogP contribution >= 0.6 is 12.2 Å². The Morgan fingerprint density at radius 1 is 1.25 bits per heavy atom. The van der Waals surface area contributed by atoms with Crippen molar-refractivity contribution in [1.82, 2.24) is 10.7 Å². The number of ether oxygens (including phenoxy) is 1. The summed E-state index contributed by atoms with van der Waals surface area (Å²) in [5.41, 5.74) is 5.08. The van der Waals surface area contributed by atoms with Crippen LogP contribution in [-0.2, 0) is 11.3 Å². The van der Waals surface area contributed by atoms with Crippen molar-refractivity contribution in [3.63, 3.8) is 0 Å². The second-order valence-electron chi connectivity index (χ2n) is 6.14. The maximum atomic E-state index is 11.5. The molecule has 1 fully saturated rings. The predicted molar refractivity (Wildman–Crippen MR) is 113 cm³/mol. The lowest BCUT2D eigenvalue weighted by atomic mass is 10.1. The molecule has 2 N–H and O–H groups in total. The molecule has 2 aromatic carbocycles. The Kier molecular flexibility index (Phi) is 6.88. The van der Waals surface area contributed by atoms with Crippen LogP contribution in [0.25, 0.3) is 0 Å². The molecule has 0 radical (unpaired) electrons. The van der Waals surface area contributed by atoms with E-state index in [0.717, 1.165) is 5.56 Å². The summed E-state index contributed by atoms with van der Waals surface area (Å²) in [4.78, 5) is 13.1. The van der Waals surface area contributed by atoms with Crippen molar-refractivity contribution >= 4 is 34.9 Å². The van der Waals surface area contributed by atoms with Gasteiger partial charge in [-0.3, -0.25) is 15.5 Å². The first-order valence-electron chi connectivity index (χ1n) is 8.85. The summed E-state index contributed by atoms with van der Waals surface area (Å²) < 4.78 is 5.31. The fourth-order valence-corrected chi connectivity index (χ4v) is 2.95. The predicted octanol–water partition coefficient (Wildman–Crippen LogP) is 2.43. The third kappa shape index (κ3) is 5.48. The van der Waals surface area contributed by atoms with E-state index >= 15 is 0 Å². The molecule has 28 heavy (non-hydrogen) atoms. The summed E-state index contributed by atoms with van der Waals surface area (Å²) in [6, 6.07) is 14.9. The molecule has 0 unspecified atom stereocenters. The summed E-state index contributed by atoms with van der Waals surface area (Å²) in [5, 5.41) is 19.0. The molecular formula is C19H21N5O3S. The van der Waals surface area contributed by atoms with Gasteiger partial charge in [-0.2, -0.15) is 5.10 Å². The molecule has 1 heterocycles. The van der Waals surface area contributed by atoms with Crippen molar-refractivity contribution in [2.45, 2.75) is 6.54 Å². The van der Waals surface area contributed by atoms with E-state index in [0.29, 0.717) is 49.2 Å². The van der Waals surface area contributed by atoms with Crippen molar-refractivity contribution in [1.29, 1.82) is 0 Å². The standard InChI is InChI=1S/C19H21N5O3S/c25-24(26)18-12-16(6-7-17(18)23-8-10-27-11-9-23)14-21-22-19(28)20-13-15-4-2-1-3-5-15/h1-7,12,14H,8-11,13H2,(H2,20,22,28). The number of thiocarbonyl (C=S) groups is 1. The van der Waals surface area contributed by atoms with Gasteiger partial charge in [0.2, 0.25) is 0 Å². The van der Waals surface area contributed by atoms with Crippen molar-refractivity contribution < 1.29 is 9.66 Å². The van der Waals surface area contributed by atoms with Crippen LogP contribution in [0.5, 0.6) is 0 Å². The van der Waals surface area contributed by atoms with Gasteiger partial charge in [0.1, 0.15) is 5.69 Å². The fourth-order valence-electron chi connectivity index (χ4n) is 2.82. The van der Waals surface area contributed by atoms with Crippen molar-refractivity contribution in [3.05, 3.63) is 69.8 Å². The van der Waals surface area contributed by atoms with E-state index in [4.69, 9.17) is 17.0 Å². The van der Waals surface area contributed by atoms with E-state index in [2.05, 4.69) is 15.8 Å². The third-order valence-corrected chi connectivity index (χ3v) is 4.46.